The van der Waals surface area contributed by atoms with Gasteiger partial charge in [0.2, 0.25) is 0 Å². The van der Waals surface area contributed by atoms with E-state index in [1.165, 1.54) is 18.2 Å². The molecule has 0 radical (unpaired) electrons. The molecule has 2 heterocycles. The van der Waals surface area contributed by atoms with Crippen LogP contribution in [0, 0.1) is 0 Å². The third-order valence-electron chi connectivity index (χ3n) is 3.47. The van der Waals surface area contributed by atoms with Gasteiger partial charge in [-0.25, -0.2) is 14.3 Å². The lowest BCUT2D eigenvalue weighted by Crippen LogP contribution is -2.14. The van der Waals surface area contributed by atoms with Gasteiger partial charge in [-0.2, -0.15) is 18.3 Å². The average molecular weight is 404 g/mol. The van der Waals surface area contributed by atoms with Crippen molar-refractivity contribution >= 4 is 34.8 Å². The number of fused-ring (bicyclic) bond motifs is 1. The molecular formula is C16H10Cl2F3N3O2. The van der Waals surface area contributed by atoms with E-state index in [1.807, 2.05) is 0 Å². The molecule has 0 spiro atoms. The van der Waals surface area contributed by atoms with E-state index in [1.54, 1.807) is 6.92 Å². The highest BCUT2D eigenvalue weighted by Crippen LogP contribution is 2.34. The number of carbonyl (C=O) groups is 1. The third-order valence-corrected chi connectivity index (χ3v) is 4.21. The van der Waals surface area contributed by atoms with Crippen LogP contribution < -0.4 is 0 Å². The van der Waals surface area contributed by atoms with Crippen LogP contribution in [0.15, 0.2) is 30.5 Å². The summed E-state index contributed by atoms with van der Waals surface area (Å²) in [5.41, 5.74) is -1.24. The summed E-state index contributed by atoms with van der Waals surface area (Å²) >= 11 is 11.8. The van der Waals surface area contributed by atoms with E-state index in [2.05, 4.69) is 10.1 Å². The molecule has 3 rings (SSSR count). The molecule has 136 valence electrons. The number of alkyl halides is 3. The van der Waals surface area contributed by atoms with Crippen LogP contribution in [0.2, 0.25) is 10.0 Å². The molecule has 0 aliphatic heterocycles. The summed E-state index contributed by atoms with van der Waals surface area (Å²) in [5, 5.41) is 4.06. The maximum Gasteiger partial charge on any atom is 0.433 e. The predicted molar refractivity (Wildman–Crippen MR) is 89.4 cm³/mol. The van der Waals surface area contributed by atoms with Crippen molar-refractivity contribution in [1.29, 1.82) is 0 Å². The number of hydrogen-bond acceptors (Lipinski definition) is 4. The van der Waals surface area contributed by atoms with Gasteiger partial charge in [-0.3, -0.25) is 0 Å². The summed E-state index contributed by atoms with van der Waals surface area (Å²) in [6, 6.07) is 5.15. The molecule has 1 aromatic carbocycles. The van der Waals surface area contributed by atoms with Crippen molar-refractivity contribution in [2.45, 2.75) is 13.1 Å². The highest BCUT2D eigenvalue weighted by molar-refractivity contribution is 6.42. The minimum absolute atomic E-state index is 0.0329. The fourth-order valence-corrected chi connectivity index (χ4v) is 2.62. The van der Waals surface area contributed by atoms with Gasteiger partial charge in [-0.15, -0.1) is 0 Å². The second-order valence-electron chi connectivity index (χ2n) is 5.17. The zero-order valence-electron chi connectivity index (χ0n) is 13.1. The number of nitrogens with zero attached hydrogens (tertiary/aromatic N) is 3. The maximum absolute atomic E-state index is 13.5. The molecule has 0 saturated heterocycles. The fourth-order valence-electron chi connectivity index (χ4n) is 2.32. The highest BCUT2D eigenvalue weighted by Gasteiger charge is 2.36. The molecule has 0 amide bonds. The third kappa shape index (κ3) is 3.34. The van der Waals surface area contributed by atoms with Crippen LogP contribution in [0.5, 0.6) is 0 Å². The van der Waals surface area contributed by atoms with E-state index in [0.29, 0.717) is 10.1 Å². The molecule has 0 saturated carbocycles. The smallest absolute Gasteiger partial charge is 0.433 e. The first-order valence-corrected chi connectivity index (χ1v) is 8.06. The number of rotatable bonds is 3. The van der Waals surface area contributed by atoms with Crippen molar-refractivity contribution in [2.75, 3.05) is 6.61 Å². The molecule has 26 heavy (non-hydrogen) atoms. The number of benzene rings is 1. The maximum atomic E-state index is 13.5. The summed E-state index contributed by atoms with van der Waals surface area (Å²) in [5.74, 6) is -0.811. The molecule has 0 bridgehead atoms. The van der Waals surface area contributed by atoms with Crippen LogP contribution in [-0.4, -0.2) is 27.2 Å². The van der Waals surface area contributed by atoms with Gasteiger partial charge < -0.3 is 4.74 Å². The standard InChI is InChI=1S/C16H10Cl2F3N3O2/c1-2-26-15(25)9-7-22-24-13(16(19,20)21)6-12(23-14(9)24)8-3-4-10(17)11(18)5-8/h3-7H,2H2,1H3. The molecule has 0 aliphatic rings. The van der Waals surface area contributed by atoms with Gasteiger partial charge in [0.1, 0.15) is 5.56 Å². The molecule has 5 nitrogen and oxygen atoms in total. The largest absolute Gasteiger partial charge is 0.462 e. The normalized spacial score (nSPS) is 11.8. The molecular weight excluding hydrogens is 394 g/mol. The van der Waals surface area contributed by atoms with Gasteiger partial charge in [-0.1, -0.05) is 29.3 Å². The summed E-state index contributed by atoms with van der Waals surface area (Å²) in [4.78, 5) is 16.1. The Morgan fingerprint density at radius 3 is 2.58 bits per heavy atom. The zero-order valence-corrected chi connectivity index (χ0v) is 14.7. The van der Waals surface area contributed by atoms with Crippen LogP contribution >= 0.6 is 23.2 Å². The van der Waals surface area contributed by atoms with E-state index < -0.39 is 17.8 Å². The number of aromatic nitrogens is 3. The summed E-state index contributed by atoms with van der Waals surface area (Å²) in [7, 11) is 0. The molecule has 0 aliphatic carbocycles. The first-order valence-electron chi connectivity index (χ1n) is 7.31. The van der Waals surface area contributed by atoms with Crippen molar-refractivity contribution in [1.82, 2.24) is 14.6 Å². The Bertz CT molecular complexity index is 1000. The van der Waals surface area contributed by atoms with Crippen molar-refractivity contribution in [3.63, 3.8) is 0 Å². The SMILES string of the molecule is CCOC(=O)c1cnn2c(C(F)(F)F)cc(-c3ccc(Cl)c(Cl)c3)nc12. The van der Waals surface area contributed by atoms with Crippen LogP contribution in [0.25, 0.3) is 16.9 Å². The number of halogens is 5. The Morgan fingerprint density at radius 2 is 1.96 bits per heavy atom. The molecule has 0 unspecified atom stereocenters. The van der Waals surface area contributed by atoms with E-state index >= 15 is 0 Å². The van der Waals surface area contributed by atoms with Gasteiger partial charge in [0, 0.05) is 5.56 Å². The molecule has 0 N–H and O–H groups in total. The fraction of sp³-hybridized carbons (Fsp3) is 0.188. The zero-order chi connectivity index (χ0) is 19.1. The Balaban J connectivity index is 2.28. The lowest BCUT2D eigenvalue weighted by atomic mass is 10.1. The Hall–Kier alpha value is -2.32. The number of carbonyl (C=O) groups excluding carboxylic acids is 1. The molecule has 10 heteroatoms. The predicted octanol–water partition coefficient (Wildman–Crippen LogP) is 4.90. The van der Waals surface area contributed by atoms with Crippen LogP contribution in [0.1, 0.15) is 23.0 Å². The summed E-state index contributed by atoms with van der Waals surface area (Å²) in [6.45, 7) is 1.65. The van der Waals surface area contributed by atoms with Crippen molar-refractivity contribution in [3.8, 4) is 11.3 Å². The highest BCUT2D eigenvalue weighted by atomic mass is 35.5. The van der Waals surface area contributed by atoms with Crippen LogP contribution in [0.4, 0.5) is 13.2 Å². The van der Waals surface area contributed by atoms with Gasteiger partial charge in [-0.05, 0) is 25.1 Å². The topological polar surface area (TPSA) is 56.5 Å². The lowest BCUT2D eigenvalue weighted by Gasteiger charge is -2.12. The molecule has 0 fully saturated rings. The minimum atomic E-state index is -4.72. The Morgan fingerprint density at radius 1 is 1.23 bits per heavy atom. The van der Waals surface area contributed by atoms with Crippen LogP contribution in [-0.2, 0) is 10.9 Å². The van der Waals surface area contributed by atoms with Crippen molar-refractivity contribution < 1.29 is 22.7 Å². The first kappa shape index (κ1) is 18.5. The van der Waals surface area contributed by atoms with Gasteiger partial charge in [0.05, 0.1) is 28.5 Å². The Kier molecular flexibility index (Phi) is 4.81. The first-order chi connectivity index (χ1) is 12.2. The molecule has 2 aromatic heterocycles. The van der Waals surface area contributed by atoms with Crippen molar-refractivity contribution in [3.05, 3.63) is 51.8 Å². The summed E-state index contributed by atoms with van der Waals surface area (Å²) < 4.78 is 45.8. The second kappa shape index (κ2) is 6.77. The van der Waals surface area contributed by atoms with Gasteiger partial charge in [0.15, 0.2) is 11.3 Å². The van der Waals surface area contributed by atoms with Gasteiger partial charge >= 0.3 is 12.1 Å². The quantitative estimate of drug-likeness (QED) is 0.583. The average Bonchev–Trinajstić information content (AvgIpc) is 2.99. The molecule has 3 aromatic rings. The number of esters is 1. The second-order valence-corrected chi connectivity index (χ2v) is 5.98. The van der Waals surface area contributed by atoms with Crippen molar-refractivity contribution in [2.24, 2.45) is 0 Å². The monoisotopic (exact) mass is 403 g/mol. The minimum Gasteiger partial charge on any atom is -0.462 e. The Labute approximate surface area is 155 Å². The molecule has 0 atom stereocenters. The summed E-state index contributed by atoms with van der Waals surface area (Å²) in [6.07, 6.45) is -3.72. The van der Waals surface area contributed by atoms with E-state index in [-0.39, 0.29) is 33.6 Å². The van der Waals surface area contributed by atoms with E-state index in [0.717, 1.165) is 12.3 Å². The van der Waals surface area contributed by atoms with E-state index in [4.69, 9.17) is 27.9 Å². The van der Waals surface area contributed by atoms with Crippen LogP contribution in [0.3, 0.4) is 0 Å². The van der Waals surface area contributed by atoms with Gasteiger partial charge in [0.25, 0.3) is 0 Å². The lowest BCUT2D eigenvalue weighted by molar-refractivity contribution is -0.142. The number of hydrogen-bond donors (Lipinski definition) is 0. The van der Waals surface area contributed by atoms with E-state index in [9.17, 15) is 18.0 Å². The number of ether oxygens (including phenoxy) is 1.